The lowest BCUT2D eigenvalue weighted by Crippen LogP contribution is -2.28. The molecule has 4 nitrogen and oxygen atoms in total. The summed E-state index contributed by atoms with van der Waals surface area (Å²) in [6.07, 6.45) is 0.835. The van der Waals surface area contributed by atoms with Crippen molar-refractivity contribution in [3.63, 3.8) is 0 Å². The second kappa shape index (κ2) is 6.91. The average molecular weight is 236 g/mol. The van der Waals surface area contributed by atoms with Gasteiger partial charge in [0.2, 0.25) is 0 Å². The van der Waals surface area contributed by atoms with Gasteiger partial charge in [-0.15, -0.1) is 0 Å². The Bertz CT molecular complexity index is 366. The van der Waals surface area contributed by atoms with E-state index < -0.39 is 0 Å². The standard InChI is InChI=1S/C13H20N2O2/c1-3-11(14)10-7-5-6-8-12(10)17-9-13(16)15-4-2/h5-8,11H,3-4,9,14H2,1-2H3,(H,15,16). The molecule has 17 heavy (non-hydrogen) atoms. The van der Waals surface area contributed by atoms with Crippen molar-refractivity contribution >= 4 is 5.91 Å². The van der Waals surface area contributed by atoms with Crippen LogP contribution in [0.25, 0.3) is 0 Å². The quantitative estimate of drug-likeness (QED) is 0.788. The van der Waals surface area contributed by atoms with Crippen LogP contribution in [0, 0.1) is 0 Å². The minimum absolute atomic E-state index is 0.0291. The minimum Gasteiger partial charge on any atom is -0.483 e. The van der Waals surface area contributed by atoms with Gasteiger partial charge in [-0.05, 0) is 19.4 Å². The zero-order valence-electron chi connectivity index (χ0n) is 10.4. The maximum Gasteiger partial charge on any atom is 0.257 e. The van der Waals surface area contributed by atoms with Crippen molar-refractivity contribution in [2.24, 2.45) is 5.73 Å². The number of amides is 1. The summed E-state index contributed by atoms with van der Waals surface area (Å²) in [6.45, 7) is 4.53. The highest BCUT2D eigenvalue weighted by Crippen LogP contribution is 2.25. The lowest BCUT2D eigenvalue weighted by atomic mass is 10.0. The normalized spacial score (nSPS) is 11.9. The maximum atomic E-state index is 11.3. The summed E-state index contributed by atoms with van der Waals surface area (Å²) in [5.41, 5.74) is 6.92. The highest BCUT2D eigenvalue weighted by Gasteiger charge is 2.10. The van der Waals surface area contributed by atoms with Crippen LogP contribution in [-0.2, 0) is 4.79 Å². The molecule has 4 heteroatoms. The van der Waals surface area contributed by atoms with E-state index in [9.17, 15) is 4.79 Å². The molecular formula is C13H20N2O2. The monoisotopic (exact) mass is 236 g/mol. The summed E-state index contributed by atoms with van der Waals surface area (Å²) in [5.74, 6) is 0.570. The number of carbonyl (C=O) groups excluding carboxylic acids is 1. The first kappa shape index (κ1) is 13.5. The third-order valence-corrected chi connectivity index (χ3v) is 2.49. The van der Waals surface area contributed by atoms with E-state index >= 15 is 0 Å². The Morgan fingerprint density at radius 1 is 1.41 bits per heavy atom. The van der Waals surface area contributed by atoms with Crippen molar-refractivity contribution in [3.8, 4) is 5.75 Å². The Balaban J connectivity index is 2.67. The number of para-hydroxylation sites is 1. The van der Waals surface area contributed by atoms with Crippen molar-refractivity contribution in [2.75, 3.05) is 13.2 Å². The summed E-state index contributed by atoms with van der Waals surface area (Å²) >= 11 is 0. The van der Waals surface area contributed by atoms with E-state index in [1.54, 1.807) is 0 Å². The fourth-order valence-electron chi connectivity index (χ4n) is 1.53. The fraction of sp³-hybridized carbons (Fsp3) is 0.462. The Morgan fingerprint density at radius 2 is 2.12 bits per heavy atom. The highest BCUT2D eigenvalue weighted by molar-refractivity contribution is 5.77. The van der Waals surface area contributed by atoms with E-state index in [0.717, 1.165) is 12.0 Å². The van der Waals surface area contributed by atoms with E-state index in [-0.39, 0.29) is 18.6 Å². The predicted molar refractivity (Wildman–Crippen MR) is 67.8 cm³/mol. The summed E-state index contributed by atoms with van der Waals surface area (Å²) in [5, 5.41) is 2.68. The van der Waals surface area contributed by atoms with Gasteiger partial charge in [0.05, 0.1) is 0 Å². The van der Waals surface area contributed by atoms with Gasteiger partial charge in [0.1, 0.15) is 5.75 Å². The van der Waals surface area contributed by atoms with Crippen molar-refractivity contribution in [1.82, 2.24) is 5.32 Å². The molecule has 0 radical (unpaired) electrons. The van der Waals surface area contributed by atoms with E-state index in [4.69, 9.17) is 10.5 Å². The molecular weight excluding hydrogens is 216 g/mol. The van der Waals surface area contributed by atoms with Crippen LogP contribution in [0.5, 0.6) is 5.75 Å². The van der Waals surface area contributed by atoms with Crippen LogP contribution in [0.4, 0.5) is 0 Å². The van der Waals surface area contributed by atoms with Crippen molar-refractivity contribution in [1.29, 1.82) is 0 Å². The van der Waals surface area contributed by atoms with Gasteiger partial charge in [-0.3, -0.25) is 4.79 Å². The molecule has 94 valence electrons. The number of hydrogen-bond donors (Lipinski definition) is 2. The van der Waals surface area contributed by atoms with E-state index in [0.29, 0.717) is 12.3 Å². The van der Waals surface area contributed by atoms with Crippen LogP contribution >= 0.6 is 0 Å². The number of likely N-dealkylation sites (N-methyl/N-ethyl adjacent to an activating group) is 1. The van der Waals surface area contributed by atoms with Crippen molar-refractivity contribution in [3.05, 3.63) is 29.8 Å². The average Bonchev–Trinajstić information content (AvgIpc) is 2.36. The molecule has 0 fully saturated rings. The molecule has 0 saturated heterocycles. The van der Waals surface area contributed by atoms with Crippen molar-refractivity contribution < 1.29 is 9.53 Å². The van der Waals surface area contributed by atoms with Crippen LogP contribution in [-0.4, -0.2) is 19.1 Å². The molecule has 0 bridgehead atoms. The van der Waals surface area contributed by atoms with Crippen LogP contribution < -0.4 is 15.8 Å². The first-order chi connectivity index (χ1) is 8.19. The zero-order valence-corrected chi connectivity index (χ0v) is 10.4. The third kappa shape index (κ3) is 4.07. The molecule has 3 N–H and O–H groups in total. The lowest BCUT2D eigenvalue weighted by Gasteiger charge is -2.15. The van der Waals surface area contributed by atoms with Gasteiger partial charge in [0.25, 0.3) is 5.91 Å². The van der Waals surface area contributed by atoms with Crippen LogP contribution in [0.2, 0.25) is 0 Å². The molecule has 0 aromatic heterocycles. The van der Waals surface area contributed by atoms with Gasteiger partial charge in [0, 0.05) is 18.2 Å². The molecule has 0 aliphatic rings. The van der Waals surface area contributed by atoms with Gasteiger partial charge in [-0.1, -0.05) is 25.1 Å². The third-order valence-electron chi connectivity index (χ3n) is 2.49. The molecule has 1 aromatic carbocycles. The lowest BCUT2D eigenvalue weighted by molar-refractivity contribution is -0.123. The number of hydrogen-bond acceptors (Lipinski definition) is 3. The molecule has 1 rings (SSSR count). The molecule has 0 saturated carbocycles. The molecule has 1 amide bonds. The molecule has 0 aliphatic heterocycles. The first-order valence-electron chi connectivity index (χ1n) is 5.93. The highest BCUT2D eigenvalue weighted by atomic mass is 16.5. The number of carbonyl (C=O) groups is 1. The van der Waals surface area contributed by atoms with E-state index in [2.05, 4.69) is 5.32 Å². The molecule has 0 aliphatic carbocycles. The summed E-state index contributed by atoms with van der Waals surface area (Å²) < 4.78 is 5.48. The molecule has 0 heterocycles. The summed E-state index contributed by atoms with van der Waals surface area (Å²) in [7, 11) is 0. The SMILES string of the molecule is CCNC(=O)COc1ccccc1C(N)CC. The number of rotatable bonds is 6. The first-order valence-corrected chi connectivity index (χ1v) is 5.93. The van der Waals surface area contributed by atoms with Gasteiger partial charge < -0.3 is 15.8 Å². The summed E-state index contributed by atoms with van der Waals surface area (Å²) in [4.78, 5) is 11.3. The topological polar surface area (TPSA) is 64.3 Å². The van der Waals surface area contributed by atoms with Crippen molar-refractivity contribution in [2.45, 2.75) is 26.3 Å². The maximum absolute atomic E-state index is 11.3. The van der Waals surface area contributed by atoms with Crippen LogP contribution in [0.1, 0.15) is 31.9 Å². The smallest absolute Gasteiger partial charge is 0.257 e. The minimum atomic E-state index is -0.118. The van der Waals surface area contributed by atoms with Crippen LogP contribution in [0.3, 0.4) is 0 Å². The second-order valence-corrected chi connectivity index (χ2v) is 3.79. The Hall–Kier alpha value is -1.55. The molecule has 0 spiro atoms. The number of nitrogens with two attached hydrogens (primary N) is 1. The Morgan fingerprint density at radius 3 is 2.76 bits per heavy atom. The van der Waals surface area contributed by atoms with Gasteiger partial charge in [-0.25, -0.2) is 0 Å². The molecule has 1 unspecified atom stereocenters. The number of nitrogens with one attached hydrogen (secondary N) is 1. The second-order valence-electron chi connectivity index (χ2n) is 3.79. The Labute approximate surface area is 102 Å². The molecule has 1 aromatic rings. The van der Waals surface area contributed by atoms with E-state index in [1.807, 2.05) is 38.1 Å². The number of benzene rings is 1. The fourth-order valence-corrected chi connectivity index (χ4v) is 1.53. The van der Waals surface area contributed by atoms with Gasteiger partial charge in [0.15, 0.2) is 6.61 Å². The Kier molecular flexibility index (Phi) is 5.49. The summed E-state index contributed by atoms with van der Waals surface area (Å²) in [6, 6.07) is 7.51. The van der Waals surface area contributed by atoms with Gasteiger partial charge in [-0.2, -0.15) is 0 Å². The number of ether oxygens (including phenoxy) is 1. The largest absolute Gasteiger partial charge is 0.483 e. The van der Waals surface area contributed by atoms with E-state index in [1.165, 1.54) is 0 Å². The van der Waals surface area contributed by atoms with Gasteiger partial charge >= 0.3 is 0 Å². The molecule has 1 atom stereocenters. The predicted octanol–water partition coefficient (Wildman–Crippen LogP) is 1.61. The zero-order chi connectivity index (χ0) is 12.7. The van der Waals surface area contributed by atoms with Crippen LogP contribution in [0.15, 0.2) is 24.3 Å².